The Balaban J connectivity index is 1.69. The Morgan fingerprint density at radius 1 is 1.10 bits per heavy atom. The Morgan fingerprint density at radius 3 is 2.38 bits per heavy atom. The quantitative estimate of drug-likeness (QED) is 0.581. The third-order valence-corrected chi connectivity index (χ3v) is 5.20. The van der Waals surface area contributed by atoms with Crippen molar-refractivity contribution < 1.29 is 19.1 Å². The van der Waals surface area contributed by atoms with Crippen molar-refractivity contribution in [2.24, 2.45) is 0 Å². The zero-order valence-corrected chi connectivity index (χ0v) is 16.9. The van der Waals surface area contributed by atoms with Crippen molar-refractivity contribution >= 4 is 40.8 Å². The maximum Gasteiger partial charge on any atom is 0.337 e. The van der Waals surface area contributed by atoms with Gasteiger partial charge in [0.25, 0.3) is 5.91 Å². The summed E-state index contributed by atoms with van der Waals surface area (Å²) < 4.78 is 4.65. The minimum absolute atomic E-state index is 0.0328. The lowest BCUT2D eigenvalue weighted by molar-refractivity contribution is -0.130. The van der Waals surface area contributed by atoms with Gasteiger partial charge in [0.15, 0.2) is 5.11 Å². The molecule has 0 radical (unpaired) electrons. The number of esters is 1. The summed E-state index contributed by atoms with van der Waals surface area (Å²) in [5, 5.41) is 3.16. The Morgan fingerprint density at radius 2 is 1.76 bits per heavy atom. The molecule has 8 heteroatoms. The van der Waals surface area contributed by atoms with Crippen molar-refractivity contribution in [3.63, 3.8) is 0 Å². The lowest BCUT2D eigenvalue weighted by Gasteiger charge is -2.23. The van der Waals surface area contributed by atoms with E-state index in [1.165, 1.54) is 12.0 Å². The number of carbonyl (C=O) groups excluding carboxylic acids is 3. The van der Waals surface area contributed by atoms with Crippen molar-refractivity contribution in [1.29, 1.82) is 0 Å². The van der Waals surface area contributed by atoms with Crippen LogP contribution in [0.1, 0.15) is 22.3 Å². The zero-order chi connectivity index (χ0) is 21.0. The molecule has 1 atom stereocenters. The maximum atomic E-state index is 12.6. The van der Waals surface area contributed by atoms with E-state index < -0.39 is 12.0 Å². The number of rotatable bonds is 6. The molecule has 3 rings (SSSR count). The molecule has 1 aliphatic rings. The lowest BCUT2D eigenvalue weighted by atomic mass is 10.1. The summed E-state index contributed by atoms with van der Waals surface area (Å²) >= 11 is 5.40. The number of anilines is 1. The molecule has 2 amide bonds. The van der Waals surface area contributed by atoms with Crippen LogP contribution in [0.2, 0.25) is 0 Å². The van der Waals surface area contributed by atoms with E-state index in [2.05, 4.69) is 10.1 Å². The molecule has 0 spiro atoms. The van der Waals surface area contributed by atoms with Crippen LogP contribution in [0.15, 0.2) is 54.6 Å². The van der Waals surface area contributed by atoms with Gasteiger partial charge in [-0.2, -0.15) is 0 Å². The van der Waals surface area contributed by atoms with E-state index in [0.717, 1.165) is 5.56 Å². The molecular formula is C21H21N3O4S. The van der Waals surface area contributed by atoms with Gasteiger partial charge in [-0.3, -0.25) is 14.5 Å². The number of methoxy groups -OCH3 is 1. The first-order chi connectivity index (χ1) is 13.9. The normalized spacial score (nSPS) is 16.1. The van der Waals surface area contributed by atoms with Gasteiger partial charge < -0.3 is 15.0 Å². The first-order valence-electron chi connectivity index (χ1n) is 9.01. The Bertz CT molecular complexity index is 931. The Kier molecular flexibility index (Phi) is 6.23. The van der Waals surface area contributed by atoms with Crippen LogP contribution in [0.4, 0.5) is 5.69 Å². The smallest absolute Gasteiger partial charge is 0.337 e. The van der Waals surface area contributed by atoms with Crippen LogP contribution in [0.3, 0.4) is 0 Å². The molecule has 1 heterocycles. The molecule has 0 aliphatic carbocycles. The SMILES string of the molecule is COC(=O)c1ccc(NC(=O)CC2C(=O)N(C)C(=S)N2Cc2ccccc2)cc1. The van der Waals surface area contributed by atoms with Crippen molar-refractivity contribution in [1.82, 2.24) is 9.80 Å². The number of likely N-dealkylation sites (N-methyl/N-ethyl adjacent to an activating group) is 1. The molecule has 2 aromatic carbocycles. The van der Waals surface area contributed by atoms with Crippen molar-refractivity contribution in [2.45, 2.75) is 19.0 Å². The van der Waals surface area contributed by atoms with Gasteiger partial charge in [0.2, 0.25) is 5.91 Å². The summed E-state index contributed by atoms with van der Waals surface area (Å²) in [6, 6.07) is 15.3. The van der Waals surface area contributed by atoms with E-state index in [0.29, 0.717) is 22.9 Å². The summed E-state index contributed by atoms with van der Waals surface area (Å²) in [6.45, 7) is 0.446. The van der Waals surface area contributed by atoms with E-state index in [9.17, 15) is 14.4 Å². The molecule has 1 N–H and O–H groups in total. The molecule has 0 saturated carbocycles. The number of hydrogen-bond donors (Lipinski definition) is 1. The standard InChI is InChI=1S/C21H21N3O4S/c1-23-19(26)17(24(21(23)29)13-14-6-4-3-5-7-14)12-18(25)22-16-10-8-15(9-11-16)20(27)28-2/h3-11,17H,12-13H2,1-2H3,(H,22,25). The summed E-state index contributed by atoms with van der Waals surface area (Å²) in [5.41, 5.74) is 1.91. The van der Waals surface area contributed by atoms with Crippen LogP contribution in [0, 0.1) is 0 Å². The molecule has 0 aromatic heterocycles. The first-order valence-corrected chi connectivity index (χ1v) is 9.42. The number of nitrogens with one attached hydrogen (secondary N) is 1. The highest BCUT2D eigenvalue weighted by Gasteiger charge is 2.41. The second kappa shape index (κ2) is 8.83. The zero-order valence-electron chi connectivity index (χ0n) is 16.1. The first kappa shape index (κ1) is 20.5. The number of amides is 2. The molecular weight excluding hydrogens is 390 g/mol. The summed E-state index contributed by atoms with van der Waals surface area (Å²) in [4.78, 5) is 39.8. The molecule has 7 nitrogen and oxygen atoms in total. The minimum Gasteiger partial charge on any atom is -0.465 e. The van der Waals surface area contributed by atoms with Crippen molar-refractivity contribution in [3.05, 3.63) is 65.7 Å². The number of carbonyl (C=O) groups is 3. The number of ether oxygens (including phenoxy) is 1. The average molecular weight is 411 g/mol. The summed E-state index contributed by atoms with van der Waals surface area (Å²) in [5.74, 6) is -0.972. The molecule has 2 aromatic rings. The van der Waals surface area contributed by atoms with Crippen LogP contribution < -0.4 is 5.32 Å². The third-order valence-electron chi connectivity index (χ3n) is 4.69. The van der Waals surface area contributed by atoms with E-state index >= 15 is 0 Å². The molecule has 1 unspecified atom stereocenters. The van der Waals surface area contributed by atoms with Gasteiger partial charge in [0.05, 0.1) is 19.1 Å². The summed E-state index contributed by atoms with van der Waals surface area (Å²) in [6.07, 6.45) is -0.0328. The van der Waals surface area contributed by atoms with Crippen LogP contribution in [-0.4, -0.2) is 52.9 Å². The monoisotopic (exact) mass is 411 g/mol. The van der Waals surface area contributed by atoms with Crippen LogP contribution in [0.25, 0.3) is 0 Å². The van der Waals surface area contributed by atoms with Gasteiger partial charge in [0.1, 0.15) is 6.04 Å². The Hall–Kier alpha value is -3.26. The van der Waals surface area contributed by atoms with Gasteiger partial charge in [-0.25, -0.2) is 4.79 Å². The number of nitrogens with zero attached hydrogens (tertiary/aromatic N) is 2. The van der Waals surface area contributed by atoms with Crippen LogP contribution >= 0.6 is 12.2 Å². The van der Waals surface area contributed by atoms with E-state index in [4.69, 9.17) is 12.2 Å². The van der Waals surface area contributed by atoms with E-state index in [-0.39, 0.29) is 18.2 Å². The van der Waals surface area contributed by atoms with Gasteiger partial charge in [-0.1, -0.05) is 30.3 Å². The maximum absolute atomic E-state index is 12.6. The fourth-order valence-electron chi connectivity index (χ4n) is 3.13. The second-order valence-corrected chi connectivity index (χ2v) is 7.00. The van der Waals surface area contributed by atoms with Crippen LogP contribution in [0.5, 0.6) is 0 Å². The number of thiocarbonyl (C=S) groups is 1. The van der Waals surface area contributed by atoms with Gasteiger partial charge in [-0.15, -0.1) is 0 Å². The largest absolute Gasteiger partial charge is 0.465 e. The fraction of sp³-hybridized carbons (Fsp3) is 0.238. The molecule has 0 bridgehead atoms. The number of hydrogen-bond acceptors (Lipinski definition) is 5. The van der Waals surface area contributed by atoms with Crippen LogP contribution in [-0.2, 0) is 20.9 Å². The van der Waals surface area contributed by atoms with Gasteiger partial charge in [-0.05, 0) is 42.0 Å². The van der Waals surface area contributed by atoms with E-state index in [1.807, 2.05) is 30.3 Å². The molecule has 1 saturated heterocycles. The highest BCUT2D eigenvalue weighted by atomic mass is 32.1. The number of benzene rings is 2. The average Bonchev–Trinajstić information content (AvgIpc) is 2.93. The van der Waals surface area contributed by atoms with Crippen molar-refractivity contribution in [3.8, 4) is 0 Å². The predicted octanol–water partition coefficient (Wildman–Crippen LogP) is 2.43. The van der Waals surface area contributed by atoms with Gasteiger partial charge >= 0.3 is 5.97 Å². The van der Waals surface area contributed by atoms with E-state index in [1.54, 1.807) is 36.2 Å². The highest BCUT2D eigenvalue weighted by molar-refractivity contribution is 7.80. The predicted molar refractivity (Wildman–Crippen MR) is 112 cm³/mol. The Labute approximate surface area is 174 Å². The molecule has 150 valence electrons. The third kappa shape index (κ3) is 4.60. The topological polar surface area (TPSA) is 78.9 Å². The molecule has 1 aliphatic heterocycles. The highest BCUT2D eigenvalue weighted by Crippen LogP contribution is 2.23. The molecule has 1 fully saturated rings. The fourth-order valence-corrected chi connectivity index (χ4v) is 3.41. The van der Waals surface area contributed by atoms with Crippen molar-refractivity contribution in [2.75, 3.05) is 19.5 Å². The molecule has 29 heavy (non-hydrogen) atoms. The minimum atomic E-state index is -0.665. The summed E-state index contributed by atoms with van der Waals surface area (Å²) in [7, 11) is 2.92. The van der Waals surface area contributed by atoms with Gasteiger partial charge in [0, 0.05) is 19.3 Å². The second-order valence-electron chi connectivity index (χ2n) is 6.63. The lowest BCUT2D eigenvalue weighted by Crippen LogP contribution is -2.37.